The van der Waals surface area contributed by atoms with Crippen LogP contribution in [0.2, 0.25) is 0 Å². The minimum Gasteiger partial charge on any atom is -0.495 e. The van der Waals surface area contributed by atoms with E-state index in [9.17, 15) is 13.2 Å². The SMILES string of the molecule is COc1ccc(C(=O)NCCCc2ccc(N(C)C)cc2)cc1S(=O)(=O)N1CC(C)CC(C)C1. The van der Waals surface area contributed by atoms with Crippen molar-refractivity contribution in [2.45, 2.75) is 38.0 Å². The maximum atomic E-state index is 13.4. The second-order valence-electron chi connectivity index (χ2n) is 9.55. The van der Waals surface area contributed by atoms with Gasteiger partial charge in [-0.3, -0.25) is 4.79 Å². The van der Waals surface area contributed by atoms with Crippen molar-refractivity contribution >= 4 is 21.6 Å². The molecule has 1 saturated heterocycles. The van der Waals surface area contributed by atoms with Crippen LogP contribution in [-0.2, 0) is 16.4 Å². The Bertz CT molecular complexity index is 1070. The van der Waals surface area contributed by atoms with E-state index < -0.39 is 10.0 Å². The molecule has 0 bridgehead atoms. The summed E-state index contributed by atoms with van der Waals surface area (Å²) in [7, 11) is 1.69. The van der Waals surface area contributed by atoms with E-state index in [-0.39, 0.29) is 28.4 Å². The van der Waals surface area contributed by atoms with Crippen LogP contribution >= 0.6 is 0 Å². The highest BCUT2D eigenvalue weighted by Crippen LogP contribution is 2.32. The van der Waals surface area contributed by atoms with Crippen LogP contribution in [0.25, 0.3) is 0 Å². The average Bonchev–Trinajstić information content (AvgIpc) is 2.81. The quantitative estimate of drug-likeness (QED) is 0.545. The zero-order valence-electron chi connectivity index (χ0n) is 20.9. The van der Waals surface area contributed by atoms with Crippen LogP contribution in [0.5, 0.6) is 5.75 Å². The number of amides is 1. The molecule has 1 aliphatic heterocycles. The molecule has 0 spiro atoms. The molecule has 34 heavy (non-hydrogen) atoms. The van der Waals surface area contributed by atoms with Gasteiger partial charge in [0.1, 0.15) is 10.6 Å². The molecule has 1 N–H and O–H groups in total. The van der Waals surface area contributed by atoms with Gasteiger partial charge in [-0.25, -0.2) is 8.42 Å². The summed E-state index contributed by atoms with van der Waals surface area (Å²) in [6, 6.07) is 13.0. The Morgan fingerprint density at radius 1 is 1.09 bits per heavy atom. The lowest BCUT2D eigenvalue weighted by molar-refractivity contribution is 0.0953. The molecule has 2 aromatic rings. The van der Waals surface area contributed by atoms with Gasteiger partial charge in [0.2, 0.25) is 10.0 Å². The number of ether oxygens (including phenoxy) is 1. The molecule has 7 nitrogen and oxygen atoms in total. The highest BCUT2D eigenvalue weighted by Gasteiger charge is 2.34. The number of hydrogen-bond donors (Lipinski definition) is 1. The Morgan fingerprint density at radius 3 is 2.32 bits per heavy atom. The fourth-order valence-corrected chi connectivity index (χ4v) is 6.38. The summed E-state index contributed by atoms with van der Waals surface area (Å²) >= 11 is 0. The number of carbonyl (C=O) groups is 1. The Kier molecular flexibility index (Phi) is 8.60. The van der Waals surface area contributed by atoms with Crippen molar-refractivity contribution in [2.24, 2.45) is 11.8 Å². The Hall–Kier alpha value is -2.58. The third-order valence-corrected chi connectivity index (χ3v) is 8.11. The molecule has 0 aliphatic carbocycles. The molecule has 3 rings (SSSR count). The first-order chi connectivity index (χ1) is 16.1. The summed E-state index contributed by atoms with van der Waals surface area (Å²) in [5, 5.41) is 2.91. The molecular weight excluding hydrogens is 450 g/mol. The number of hydrogen-bond acceptors (Lipinski definition) is 5. The number of benzene rings is 2. The van der Waals surface area contributed by atoms with Crippen LogP contribution in [0.4, 0.5) is 5.69 Å². The van der Waals surface area contributed by atoms with Gasteiger partial charge in [0.05, 0.1) is 7.11 Å². The van der Waals surface area contributed by atoms with Gasteiger partial charge >= 0.3 is 0 Å². The lowest BCUT2D eigenvalue weighted by Gasteiger charge is -2.34. The molecule has 1 fully saturated rings. The molecule has 2 aromatic carbocycles. The lowest BCUT2D eigenvalue weighted by atomic mass is 9.94. The maximum Gasteiger partial charge on any atom is 0.251 e. The van der Waals surface area contributed by atoms with Crippen molar-refractivity contribution < 1.29 is 17.9 Å². The van der Waals surface area contributed by atoms with Crippen LogP contribution < -0.4 is 15.0 Å². The molecule has 1 amide bonds. The van der Waals surface area contributed by atoms with Gasteiger partial charge < -0.3 is 15.0 Å². The van der Waals surface area contributed by atoms with Gasteiger partial charge in [0, 0.05) is 45.0 Å². The van der Waals surface area contributed by atoms with E-state index >= 15 is 0 Å². The number of piperidine rings is 1. The van der Waals surface area contributed by atoms with Crippen molar-refractivity contribution in [1.29, 1.82) is 0 Å². The smallest absolute Gasteiger partial charge is 0.251 e. The number of aryl methyl sites for hydroxylation is 1. The third-order valence-electron chi connectivity index (χ3n) is 6.26. The summed E-state index contributed by atoms with van der Waals surface area (Å²) < 4.78 is 33.7. The fraction of sp³-hybridized carbons (Fsp3) is 0.500. The van der Waals surface area contributed by atoms with Crippen LogP contribution in [0.3, 0.4) is 0 Å². The standard InChI is InChI=1S/C26H37N3O4S/c1-19-15-20(2)18-29(17-19)34(31,32)25-16-22(10-13-24(25)33-5)26(30)27-14-6-7-21-8-11-23(12-9-21)28(3)4/h8-13,16,19-20H,6-7,14-15,17-18H2,1-5H3,(H,27,30). The van der Waals surface area contributed by atoms with Crippen molar-refractivity contribution in [3.8, 4) is 5.75 Å². The predicted octanol–water partition coefficient (Wildman–Crippen LogP) is 3.79. The average molecular weight is 488 g/mol. The maximum absolute atomic E-state index is 13.4. The van der Waals surface area contributed by atoms with E-state index in [0.717, 1.165) is 24.9 Å². The normalized spacial score (nSPS) is 19.0. The highest BCUT2D eigenvalue weighted by molar-refractivity contribution is 7.89. The summed E-state index contributed by atoms with van der Waals surface area (Å²) in [6.07, 6.45) is 2.64. The van der Waals surface area contributed by atoms with Gasteiger partial charge in [-0.2, -0.15) is 4.31 Å². The molecule has 1 aliphatic rings. The largest absolute Gasteiger partial charge is 0.495 e. The zero-order valence-corrected chi connectivity index (χ0v) is 21.7. The first kappa shape index (κ1) is 26.0. The minimum atomic E-state index is -3.77. The molecule has 0 saturated carbocycles. The molecular formula is C26H37N3O4S. The molecule has 0 radical (unpaired) electrons. The Balaban J connectivity index is 1.65. The first-order valence-electron chi connectivity index (χ1n) is 11.8. The molecule has 2 unspecified atom stereocenters. The first-order valence-corrected chi connectivity index (χ1v) is 13.3. The van der Waals surface area contributed by atoms with E-state index in [1.165, 1.54) is 23.0 Å². The summed E-state index contributed by atoms with van der Waals surface area (Å²) in [4.78, 5) is 14.9. The topological polar surface area (TPSA) is 79.0 Å². The van der Waals surface area contributed by atoms with E-state index in [0.29, 0.717) is 25.2 Å². The summed E-state index contributed by atoms with van der Waals surface area (Å²) in [6.45, 7) is 5.58. The Labute approximate surface area is 204 Å². The van der Waals surface area contributed by atoms with Gasteiger partial charge in [-0.15, -0.1) is 0 Å². The highest BCUT2D eigenvalue weighted by atomic mass is 32.2. The lowest BCUT2D eigenvalue weighted by Crippen LogP contribution is -2.42. The second-order valence-corrected chi connectivity index (χ2v) is 11.5. The number of rotatable bonds is 9. The predicted molar refractivity (Wildman–Crippen MR) is 136 cm³/mol. The molecule has 186 valence electrons. The number of nitrogens with one attached hydrogen (secondary N) is 1. The van der Waals surface area contributed by atoms with Crippen LogP contribution in [-0.4, -0.2) is 59.5 Å². The van der Waals surface area contributed by atoms with E-state index in [1.807, 2.05) is 14.1 Å². The van der Waals surface area contributed by atoms with E-state index in [1.54, 1.807) is 12.1 Å². The minimum absolute atomic E-state index is 0.0462. The second kappa shape index (κ2) is 11.2. The number of sulfonamides is 1. The van der Waals surface area contributed by atoms with Gasteiger partial charge in [0.25, 0.3) is 5.91 Å². The number of carbonyl (C=O) groups excluding carboxylic acids is 1. The van der Waals surface area contributed by atoms with Crippen LogP contribution in [0, 0.1) is 11.8 Å². The van der Waals surface area contributed by atoms with Crippen molar-refractivity contribution in [3.05, 3.63) is 53.6 Å². The number of anilines is 1. The van der Waals surface area contributed by atoms with Gasteiger partial charge in [-0.05, 0) is 67.0 Å². The van der Waals surface area contributed by atoms with Crippen molar-refractivity contribution in [3.63, 3.8) is 0 Å². The molecule has 8 heteroatoms. The van der Waals surface area contributed by atoms with Gasteiger partial charge in [0.15, 0.2) is 0 Å². The molecule has 0 aromatic heterocycles. The molecule has 2 atom stereocenters. The van der Waals surface area contributed by atoms with Crippen LogP contribution in [0.15, 0.2) is 47.4 Å². The fourth-order valence-electron chi connectivity index (χ4n) is 4.52. The number of methoxy groups -OCH3 is 1. The molecule has 1 heterocycles. The summed E-state index contributed by atoms with van der Waals surface area (Å²) in [5.74, 6) is 0.538. The third kappa shape index (κ3) is 6.30. The van der Waals surface area contributed by atoms with Crippen LogP contribution in [0.1, 0.15) is 42.6 Å². The Morgan fingerprint density at radius 2 is 1.74 bits per heavy atom. The zero-order chi connectivity index (χ0) is 24.9. The van der Waals surface area contributed by atoms with E-state index in [2.05, 4.69) is 48.3 Å². The van der Waals surface area contributed by atoms with Gasteiger partial charge in [-0.1, -0.05) is 26.0 Å². The van der Waals surface area contributed by atoms with Crippen molar-refractivity contribution in [1.82, 2.24) is 9.62 Å². The summed E-state index contributed by atoms with van der Waals surface area (Å²) in [5.41, 5.74) is 2.67. The van der Waals surface area contributed by atoms with E-state index in [4.69, 9.17) is 4.74 Å². The number of nitrogens with zero attached hydrogens (tertiary/aromatic N) is 2. The van der Waals surface area contributed by atoms with Crippen molar-refractivity contribution in [2.75, 3.05) is 45.7 Å². The monoisotopic (exact) mass is 487 g/mol.